The van der Waals surface area contributed by atoms with Gasteiger partial charge in [0.25, 0.3) is 0 Å². The number of anilines is 1. The van der Waals surface area contributed by atoms with E-state index >= 15 is 0 Å². The molecule has 1 fully saturated rings. The van der Waals surface area contributed by atoms with Gasteiger partial charge in [0.15, 0.2) is 0 Å². The van der Waals surface area contributed by atoms with E-state index in [2.05, 4.69) is 25.0 Å². The molecule has 0 spiro atoms. The quantitative estimate of drug-likeness (QED) is 0.767. The van der Waals surface area contributed by atoms with Crippen molar-refractivity contribution >= 4 is 5.82 Å². The summed E-state index contributed by atoms with van der Waals surface area (Å²) in [6.07, 6.45) is 3.38. The van der Waals surface area contributed by atoms with Crippen LogP contribution in [0, 0.1) is 5.95 Å². The van der Waals surface area contributed by atoms with E-state index in [1.54, 1.807) is 23.3 Å². The summed E-state index contributed by atoms with van der Waals surface area (Å²) in [5.74, 6) is 0.299. The lowest BCUT2D eigenvalue weighted by Crippen LogP contribution is -2.47. The van der Waals surface area contributed by atoms with Crippen LogP contribution in [0.2, 0.25) is 0 Å². The highest BCUT2D eigenvalue weighted by Gasteiger charge is 2.18. The molecule has 0 aliphatic carbocycles. The molecule has 106 valence electrons. The molecule has 2 aromatic rings. The highest BCUT2D eigenvalue weighted by molar-refractivity contribution is 5.38. The molecule has 1 aliphatic heterocycles. The van der Waals surface area contributed by atoms with Crippen molar-refractivity contribution in [3.05, 3.63) is 36.5 Å². The number of nitrogens with zero attached hydrogens (tertiary/aromatic N) is 6. The molecule has 7 heteroatoms. The average Bonchev–Trinajstić information content (AvgIpc) is 2.99. The summed E-state index contributed by atoms with van der Waals surface area (Å²) >= 11 is 0. The summed E-state index contributed by atoms with van der Waals surface area (Å²) in [5.41, 5.74) is 0. The maximum Gasteiger partial charge on any atom is 0.214 e. The van der Waals surface area contributed by atoms with Gasteiger partial charge in [-0.05, 0) is 12.1 Å². The topological polar surface area (TPSA) is 50.1 Å². The van der Waals surface area contributed by atoms with Crippen LogP contribution in [0.15, 0.2) is 30.6 Å². The molecule has 0 bridgehead atoms. The molecule has 0 unspecified atom stereocenters. The molecule has 1 saturated heterocycles. The highest BCUT2D eigenvalue weighted by Crippen LogP contribution is 2.13. The summed E-state index contributed by atoms with van der Waals surface area (Å²) in [5, 5.41) is 8.18. The van der Waals surface area contributed by atoms with Crippen LogP contribution in [0.5, 0.6) is 0 Å². The van der Waals surface area contributed by atoms with Crippen LogP contribution >= 0.6 is 0 Å². The molecule has 20 heavy (non-hydrogen) atoms. The fourth-order valence-electron chi connectivity index (χ4n) is 2.36. The molecule has 6 nitrogen and oxygen atoms in total. The Labute approximate surface area is 116 Å². The van der Waals surface area contributed by atoms with Crippen LogP contribution in [0.4, 0.5) is 10.2 Å². The van der Waals surface area contributed by atoms with Crippen molar-refractivity contribution in [3.63, 3.8) is 0 Å². The SMILES string of the molecule is Fc1cccc(N2CCN(CCn3nccn3)CC2)n1. The lowest BCUT2D eigenvalue weighted by molar-refractivity contribution is 0.239. The number of rotatable bonds is 4. The van der Waals surface area contributed by atoms with Crippen LogP contribution in [0.25, 0.3) is 0 Å². The van der Waals surface area contributed by atoms with Gasteiger partial charge in [0, 0.05) is 32.7 Å². The summed E-state index contributed by atoms with van der Waals surface area (Å²) in [4.78, 5) is 10.1. The molecular formula is C13H17FN6. The predicted octanol–water partition coefficient (Wildman–Crippen LogP) is 0.634. The van der Waals surface area contributed by atoms with E-state index < -0.39 is 5.95 Å². The van der Waals surface area contributed by atoms with Crippen molar-refractivity contribution < 1.29 is 4.39 Å². The molecule has 0 N–H and O–H groups in total. The third-order valence-corrected chi connectivity index (χ3v) is 3.48. The van der Waals surface area contributed by atoms with Gasteiger partial charge in [-0.3, -0.25) is 4.90 Å². The highest BCUT2D eigenvalue weighted by atomic mass is 19.1. The van der Waals surface area contributed by atoms with Crippen LogP contribution in [0.3, 0.4) is 0 Å². The average molecular weight is 276 g/mol. The number of hydrogen-bond donors (Lipinski definition) is 0. The van der Waals surface area contributed by atoms with Crippen molar-refractivity contribution in [2.45, 2.75) is 6.54 Å². The summed E-state index contributed by atoms with van der Waals surface area (Å²) in [6, 6.07) is 4.93. The molecule has 3 heterocycles. The zero-order valence-electron chi connectivity index (χ0n) is 11.2. The first-order valence-electron chi connectivity index (χ1n) is 6.75. The number of hydrogen-bond acceptors (Lipinski definition) is 5. The van der Waals surface area contributed by atoms with E-state index in [-0.39, 0.29) is 0 Å². The molecule has 0 aromatic carbocycles. The summed E-state index contributed by atoms with van der Waals surface area (Å²) in [7, 11) is 0. The lowest BCUT2D eigenvalue weighted by Gasteiger charge is -2.35. The molecule has 0 radical (unpaired) electrons. The van der Waals surface area contributed by atoms with Crippen LogP contribution in [-0.4, -0.2) is 57.6 Å². The van der Waals surface area contributed by atoms with Gasteiger partial charge >= 0.3 is 0 Å². The van der Waals surface area contributed by atoms with Crippen molar-refractivity contribution in [3.8, 4) is 0 Å². The van der Waals surface area contributed by atoms with Crippen molar-refractivity contribution in [1.29, 1.82) is 0 Å². The van der Waals surface area contributed by atoms with Gasteiger partial charge in [0.05, 0.1) is 18.9 Å². The number of aromatic nitrogens is 4. The minimum Gasteiger partial charge on any atom is -0.354 e. The smallest absolute Gasteiger partial charge is 0.214 e. The van der Waals surface area contributed by atoms with Gasteiger partial charge in [0.2, 0.25) is 5.95 Å². The van der Waals surface area contributed by atoms with Crippen LogP contribution in [0.1, 0.15) is 0 Å². The van der Waals surface area contributed by atoms with Gasteiger partial charge < -0.3 is 4.90 Å². The fourth-order valence-corrected chi connectivity index (χ4v) is 2.36. The number of pyridine rings is 1. The van der Waals surface area contributed by atoms with Crippen molar-refractivity contribution in [1.82, 2.24) is 24.9 Å². The maximum atomic E-state index is 13.1. The van der Waals surface area contributed by atoms with Crippen molar-refractivity contribution in [2.24, 2.45) is 0 Å². The zero-order chi connectivity index (χ0) is 13.8. The van der Waals surface area contributed by atoms with E-state index in [0.29, 0.717) is 0 Å². The van der Waals surface area contributed by atoms with E-state index in [4.69, 9.17) is 0 Å². The molecule has 3 rings (SSSR count). The van der Waals surface area contributed by atoms with Gasteiger partial charge in [-0.1, -0.05) is 6.07 Å². The lowest BCUT2D eigenvalue weighted by atomic mass is 10.3. The molecule has 0 saturated carbocycles. The second-order valence-corrected chi connectivity index (χ2v) is 4.77. The first-order chi connectivity index (χ1) is 9.81. The van der Waals surface area contributed by atoms with Crippen LogP contribution in [-0.2, 0) is 6.54 Å². The second kappa shape index (κ2) is 5.96. The van der Waals surface area contributed by atoms with Gasteiger partial charge in [0.1, 0.15) is 5.82 Å². The van der Waals surface area contributed by atoms with E-state index in [1.807, 2.05) is 6.07 Å². The predicted molar refractivity (Wildman–Crippen MR) is 72.9 cm³/mol. The maximum absolute atomic E-state index is 13.1. The Morgan fingerprint density at radius 2 is 1.75 bits per heavy atom. The normalized spacial score (nSPS) is 16.6. The molecular weight excluding hydrogens is 259 g/mol. The monoisotopic (exact) mass is 276 g/mol. The fraction of sp³-hybridized carbons (Fsp3) is 0.462. The molecule has 2 aromatic heterocycles. The van der Waals surface area contributed by atoms with E-state index in [1.165, 1.54) is 6.07 Å². The Kier molecular flexibility index (Phi) is 3.87. The van der Waals surface area contributed by atoms with Crippen LogP contribution < -0.4 is 4.90 Å². The Morgan fingerprint density at radius 1 is 1.00 bits per heavy atom. The molecule has 0 atom stereocenters. The van der Waals surface area contributed by atoms with Gasteiger partial charge in [-0.2, -0.15) is 19.4 Å². The third kappa shape index (κ3) is 3.11. The Hall–Kier alpha value is -2.02. The Bertz CT molecular complexity index is 536. The van der Waals surface area contributed by atoms with E-state index in [9.17, 15) is 4.39 Å². The summed E-state index contributed by atoms with van der Waals surface area (Å²) in [6.45, 7) is 5.34. The van der Waals surface area contributed by atoms with Gasteiger partial charge in [-0.25, -0.2) is 4.98 Å². The standard InChI is InChI=1S/C13H17FN6/c14-12-2-1-3-13(17-12)19-9-6-18(7-10-19)8-11-20-15-4-5-16-20/h1-5H,6-11H2. The van der Waals surface area contributed by atoms with Crippen molar-refractivity contribution in [2.75, 3.05) is 37.6 Å². The first-order valence-corrected chi connectivity index (χ1v) is 6.75. The Balaban J connectivity index is 1.49. The molecule has 0 amide bonds. The first kappa shape index (κ1) is 13.0. The third-order valence-electron chi connectivity index (χ3n) is 3.48. The van der Waals surface area contributed by atoms with Gasteiger partial charge in [-0.15, -0.1) is 0 Å². The number of piperazine rings is 1. The zero-order valence-corrected chi connectivity index (χ0v) is 11.2. The van der Waals surface area contributed by atoms with E-state index in [0.717, 1.165) is 45.1 Å². The Morgan fingerprint density at radius 3 is 2.45 bits per heavy atom. The summed E-state index contributed by atoms with van der Waals surface area (Å²) < 4.78 is 13.1. The molecule has 1 aliphatic rings. The number of halogens is 1. The minimum atomic E-state index is -0.422. The minimum absolute atomic E-state index is 0.422. The largest absolute Gasteiger partial charge is 0.354 e. The second-order valence-electron chi connectivity index (χ2n) is 4.77.